The van der Waals surface area contributed by atoms with Gasteiger partial charge in [-0.2, -0.15) is 0 Å². The van der Waals surface area contributed by atoms with E-state index in [1.165, 1.54) is 17.0 Å². The monoisotopic (exact) mass is 266 g/mol. The van der Waals surface area contributed by atoms with E-state index < -0.39 is 12.4 Å². The molecule has 1 aliphatic heterocycles. The van der Waals surface area contributed by atoms with Crippen molar-refractivity contribution in [1.29, 1.82) is 0 Å². The first-order valence-corrected chi connectivity index (χ1v) is 5.95. The number of aliphatic hydroxyl groups excluding tert-OH is 1. The van der Waals surface area contributed by atoms with Crippen molar-refractivity contribution in [2.45, 2.75) is 6.61 Å². The summed E-state index contributed by atoms with van der Waals surface area (Å²) >= 11 is 0. The highest BCUT2D eigenvalue weighted by atomic mass is 19.1. The molecule has 1 aliphatic rings. The van der Waals surface area contributed by atoms with Crippen molar-refractivity contribution in [3.05, 3.63) is 35.1 Å². The van der Waals surface area contributed by atoms with Crippen LogP contribution < -0.4 is 0 Å². The summed E-state index contributed by atoms with van der Waals surface area (Å²) in [5, 5.41) is 8.99. The molecule has 1 fully saturated rings. The molecule has 0 unspecified atom stereocenters. The fraction of sp³-hybridized carbons (Fsp3) is 0.385. The van der Waals surface area contributed by atoms with Crippen molar-refractivity contribution in [3.63, 3.8) is 0 Å². The van der Waals surface area contributed by atoms with Crippen LogP contribution in [0.15, 0.2) is 18.2 Å². The molecule has 0 aromatic heterocycles. The maximum absolute atomic E-state index is 13.2. The van der Waals surface area contributed by atoms with Crippen LogP contribution in [0.25, 0.3) is 0 Å². The lowest BCUT2D eigenvalue weighted by Gasteiger charge is -2.32. The van der Waals surface area contributed by atoms with Gasteiger partial charge in [-0.05, 0) is 18.2 Å². The van der Waals surface area contributed by atoms with E-state index in [1.807, 2.05) is 0 Å². The summed E-state index contributed by atoms with van der Waals surface area (Å²) in [4.78, 5) is 26.7. The first kappa shape index (κ1) is 13.5. The highest BCUT2D eigenvalue weighted by Gasteiger charge is 2.25. The minimum atomic E-state index is -0.548. The van der Waals surface area contributed by atoms with Gasteiger partial charge in [0.15, 0.2) is 0 Å². The number of rotatable bonds is 2. The van der Waals surface area contributed by atoms with E-state index in [4.69, 9.17) is 5.11 Å². The molecule has 0 saturated carbocycles. The molecular weight excluding hydrogens is 251 g/mol. The summed E-state index contributed by atoms with van der Waals surface area (Å²) in [5.74, 6) is -0.992. The summed E-state index contributed by atoms with van der Waals surface area (Å²) in [6.07, 6.45) is 0. The number of hydrogen-bond acceptors (Lipinski definition) is 3. The number of amides is 2. The first-order chi connectivity index (χ1) is 9.02. The third-order valence-corrected chi connectivity index (χ3v) is 3.21. The summed E-state index contributed by atoms with van der Waals surface area (Å²) in [6.45, 7) is 0.501. The molecule has 5 nitrogen and oxygen atoms in total. The van der Waals surface area contributed by atoms with E-state index in [1.54, 1.807) is 11.9 Å². The summed E-state index contributed by atoms with van der Waals surface area (Å²) in [5.41, 5.74) is 0.356. The molecule has 2 amide bonds. The second-order valence-corrected chi connectivity index (χ2v) is 4.51. The van der Waals surface area contributed by atoms with Gasteiger partial charge in [0.05, 0.1) is 6.61 Å². The first-order valence-electron chi connectivity index (χ1n) is 5.95. The number of likely N-dealkylation sites (N-methyl/N-ethyl adjacent to an activating group) is 1. The van der Waals surface area contributed by atoms with Gasteiger partial charge in [0, 0.05) is 31.3 Å². The van der Waals surface area contributed by atoms with Crippen LogP contribution in [0.1, 0.15) is 15.9 Å². The molecule has 0 aliphatic carbocycles. The van der Waals surface area contributed by atoms with E-state index in [2.05, 4.69) is 0 Å². The molecular formula is C13H15FN2O3. The quantitative estimate of drug-likeness (QED) is 0.833. The third kappa shape index (κ3) is 2.73. The van der Waals surface area contributed by atoms with Gasteiger partial charge in [0.2, 0.25) is 5.91 Å². The SMILES string of the molecule is CN1CCN(C(=O)c2ccc(F)c(CO)c2)CC1=O. The molecule has 0 spiro atoms. The van der Waals surface area contributed by atoms with Crippen LogP contribution in [-0.2, 0) is 11.4 Å². The summed E-state index contributed by atoms with van der Waals surface area (Å²) in [7, 11) is 1.69. The minimum absolute atomic E-state index is 0.0289. The molecule has 1 aromatic carbocycles. The number of carbonyl (C=O) groups excluding carboxylic acids is 2. The maximum atomic E-state index is 13.2. The Balaban J connectivity index is 2.18. The predicted molar refractivity (Wildman–Crippen MR) is 65.9 cm³/mol. The highest BCUT2D eigenvalue weighted by Crippen LogP contribution is 2.14. The van der Waals surface area contributed by atoms with Gasteiger partial charge in [0.1, 0.15) is 12.4 Å². The van der Waals surface area contributed by atoms with Crippen LogP contribution in [0.4, 0.5) is 4.39 Å². The minimum Gasteiger partial charge on any atom is -0.392 e. The molecule has 1 heterocycles. The zero-order valence-electron chi connectivity index (χ0n) is 10.6. The average Bonchev–Trinajstić information content (AvgIpc) is 2.41. The molecule has 0 radical (unpaired) electrons. The number of aliphatic hydroxyl groups is 1. The Kier molecular flexibility index (Phi) is 3.80. The Hall–Kier alpha value is -1.95. The second kappa shape index (κ2) is 5.36. The van der Waals surface area contributed by atoms with Crippen molar-refractivity contribution in [2.75, 3.05) is 26.7 Å². The number of hydrogen-bond donors (Lipinski definition) is 1. The molecule has 19 heavy (non-hydrogen) atoms. The van der Waals surface area contributed by atoms with Crippen molar-refractivity contribution in [2.24, 2.45) is 0 Å². The lowest BCUT2D eigenvalue weighted by molar-refractivity contribution is -0.133. The van der Waals surface area contributed by atoms with E-state index >= 15 is 0 Å². The van der Waals surface area contributed by atoms with Gasteiger partial charge in [-0.15, -0.1) is 0 Å². The molecule has 0 atom stereocenters. The Bertz CT molecular complexity index is 519. The van der Waals surface area contributed by atoms with Crippen LogP contribution in [0.2, 0.25) is 0 Å². The molecule has 6 heteroatoms. The molecule has 102 valence electrons. The van der Waals surface area contributed by atoms with E-state index in [9.17, 15) is 14.0 Å². The fourth-order valence-corrected chi connectivity index (χ4v) is 1.94. The van der Waals surface area contributed by atoms with E-state index in [0.717, 1.165) is 6.07 Å². The van der Waals surface area contributed by atoms with Gasteiger partial charge in [-0.1, -0.05) is 0 Å². The van der Waals surface area contributed by atoms with Gasteiger partial charge >= 0.3 is 0 Å². The molecule has 2 rings (SSSR count). The van der Waals surface area contributed by atoms with Crippen LogP contribution in [-0.4, -0.2) is 53.4 Å². The van der Waals surface area contributed by atoms with E-state index in [-0.39, 0.29) is 29.5 Å². The number of piperazine rings is 1. The number of benzene rings is 1. The number of carbonyl (C=O) groups is 2. The van der Waals surface area contributed by atoms with Gasteiger partial charge in [-0.25, -0.2) is 4.39 Å². The predicted octanol–water partition coefficient (Wildman–Crippen LogP) is 0.232. The van der Waals surface area contributed by atoms with E-state index in [0.29, 0.717) is 13.1 Å². The molecule has 0 bridgehead atoms. The molecule has 1 saturated heterocycles. The van der Waals surface area contributed by atoms with Crippen LogP contribution in [0, 0.1) is 5.82 Å². The lowest BCUT2D eigenvalue weighted by atomic mass is 10.1. The van der Waals surface area contributed by atoms with Gasteiger partial charge < -0.3 is 14.9 Å². The zero-order valence-corrected chi connectivity index (χ0v) is 10.6. The van der Waals surface area contributed by atoms with Crippen molar-refractivity contribution >= 4 is 11.8 Å². The summed E-state index contributed by atoms with van der Waals surface area (Å²) in [6, 6.07) is 3.83. The number of nitrogens with zero attached hydrogens (tertiary/aromatic N) is 2. The fourth-order valence-electron chi connectivity index (χ4n) is 1.94. The Morgan fingerprint density at radius 1 is 1.42 bits per heavy atom. The normalized spacial score (nSPS) is 15.8. The van der Waals surface area contributed by atoms with Gasteiger partial charge in [-0.3, -0.25) is 9.59 Å². The Morgan fingerprint density at radius 3 is 2.79 bits per heavy atom. The average molecular weight is 266 g/mol. The van der Waals surface area contributed by atoms with Crippen LogP contribution in [0.5, 0.6) is 0 Å². The van der Waals surface area contributed by atoms with Crippen LogP contribution in [0.3, 0.4) is 0 Å². The topological polar surface area (TPSA) is 60.9 Å². The Morgan fingerprint density at radius 2 is 2.16 bits per heavy atom. The maximum Gasteiger partial charge on any atom is 0.254 e. The molecule has 1 N–H and O–H groups in total. The smallest absolute Gasteiger partial charge is 0.254 e. The molecule has 1 aromatic rings. The second-order valence-electron chi connectivity index (χ2n) is 4.51. The lowest BCUT2D eigenvalue weighted by Crippen LogP contribution is -2.50. The highest BCUT2D eigenvalue weighted by molar-refractivity contribution is 5.97. The van der Waals surface area contributed by atoms with Crippen molar-refractivity contribution < 1.29 is 19.1 Å². The third-order valence-electron chi connectivity index (χ3n) is 3.21. The van der Waals surface area contributed by atoms with Crippen molar-refractivity contribution in [3.8, 4) is 0 Å². The Labute approximate surface area is 110 Å². The van der Waals surface area contributed by atoms with Crippen LogP contribution >= 0.6 is 0 Å². The van der Waals surface area contributed by atoms with Gasteiger partial charge in [0.25, 0.3) is 5.91 Å². The standard InChI is InChI=1S/C13H15FN2O3/c1-15-4-5-16(7-12(15)18)13(19)9-2-3-11(14)10(6-9)8-17/h2-3,6,17H,4-5,7-8H2,1H3. The largest absolute Gasteiger partial charge is 0.392 e. The zero-order chi connectivity index (χ0) is 14.0. The van der Waals surface area contributed by atoms with Crippen molar-refractivity contribution in [1.82, 2.24) is 9.80 Å². The summed E-state index contributed by atoms with van der Waals surface area (Å²) < 4.78 is 13.2. The number of halogens is 1.